The number of fused-ring (bicyclic) bond motifs is 3. The number of nitrogens with one attached hydrogen (secondary N) is 2. The van der Waals surface area contributed by atoms with E-state index in [4.69, 9.17) is 24.0 Å². The summed E-state index contributed by atoms with van der Waals surface area (Å²) in [5, 5.41) is 15.0. The Kier molecular flexibility index (Phi) is 32.8. The number of carboxylic acid groups (broad SMARTS) is 1. The molecule has 0 unspecified atom stereocenters. The number of ether oxygens (including phenoxy) is 1. The zero-order valence-corrected chi connectivity index (χ0v) is 65.1. The molecule has 5 aromatic rings. The number of hydrogen-bond acceptors (Lipinski definition) is 12. The van der Waals surface area contributed by atoms with Crippen molar-refractivity contribution >= 4 is 92.1 Å². The van der Waals surface area contributed by atoms with Gasteiger partial charge < -0.3 is 42.4 Å². The van der Waals surface area contributed by atoms with Crippen LogP contribution >= 0.6 is 35.0 Å². The molecule has 8 aliphatic carbocycles. The number of halogens is 5. The third-order valence-corrected chi connectivity index (χ3v) is 23.5. The van der Waals surface area contributed by atoms with Gasteiger partial charge in [0.1, 0.15) is 41.2 Å². The van der Waals surface area contributed by atoms with Crippen molar-refractivity contribution in [3.8, 4) is 0 Å². The average Bonchev–Trinajstić information content (AvgIpc) is 1.59. The van der Waals surface area contributed by atoms with Crippen molar-refractivity contribution in [3.05, 3.63) is 175 Å². The summed E-state index contributed by atoms with van der Waals surface area (Å²) in [5.41, 5.74) is 10.7. The zero-order chi connectivity index (χ0) is 71.8. The summed E-state index contributed by atoms with van der Waals surface area (Å²) in [6.45, 7) is 10.6. The van der Waals surface area contributed by atoms with Crippen LogP contribution in [0.2, 0.25) is 0 Å². The Hall–Kier alpha value is -5.74. The Morgan fingerprint density at radius 2 is 0.953 bits per heavy atom. The van der Waals surface area contributed by atoms with Crippen LogP contribution in [0, 0.1) is 83.7 Å². The van der Waals surface area contributed by atoms with E-state index in [1.165, 1.54) is 42.7 Å². The van der Waals surface area contributed by atoms with Crippen molar-refractivity contribution in [1.29, 1.82) is 0 Å². The molecule has 8 saturated carbocycles. The molecule has 0 spiro atoms. The minimum atomic E-state index is -3.41. The van der Waals surface area contributed by atoms with Crippen LogP contribution in [-0.2, 0) is 40.5 Å². The molecule has 11 aliphatic rings. The van der Waals surface area contributed by atoms with Crippen molar-refractivity contribution in [3.63, 3.8) is 0 Å². The molecule has 5 N–H and O–H groups in total. The molecule has 18 nitrogen and oxygen atoms in total. The largest absolute Gasteiger partial charge is 1.00 e. The van der Waals surface area contributed by atoms with E-state index < -0.39 is 57.2 Å². The molecular formula is C80H106ClF3IN6NaO12S2. The molecule has 16 rings (SSSR count). The van der Waals surface area contributed by atoms with E-state index in [2.05, 4.69) is 39.6 Å². The summed E-state index contributed by atoms with van der Waals surface area (Å²) in [6, 6.07) is 27.4. The predicted octanol–water partition coefficient (Wildman–Crippen LogP) is 12.8. The molecule has 3 saturated heterocycles. The number of piperidine rings is 3. The second kappa shape index (κ2) is 38.3. The van der Waals surface area contributed by atoms with Gasteiger partial charge in [-0.2, -0.15) is 8.42 Å². The number of rotatable bonds is 15. The van der Waals surface area contributed by atoms with Crippen LogP contribution in [0.15, 0.2) is 108 Å². The molecule has 12 atom stereocenters. The standard InChI is InChI=1S/C27H29FN2O4S.C24H24FIN2O2.C11H14FN.C11H17NO4.C3H5.4CH4.ClH.Na.O2S/c1-15-5-6-17(12-22(15)28)25(16-7-8-16)29-26(31)24-14-19-13-23(19)30(24)27(32)18-3-2-4-21(11-18)35(33,34)20-9-10-20;1-13-5-6-15(10-19(13)25)22(14-7-8-14)27-23(29)21-12-17-11-20(17)28(21)24(30)16-3-2-4-18(26)9-16;1-7-2-3-9(6-10(7)12)11(13)8-4-5-8;1-11(2,3)16-10(15)12-7-4-6(7)5-8(12)9(13)14;1-2-3-1;;;;;;;1-3-2/h2-6,11-12,16,19-20,23-25H,7-10,13-14H2,1H3,(H,29,31);2-6,9-10,14,17,20-22H,7-8,11-12H2,1H3,(H,27,29);2-3,6,8,11H,4-5,13H2,1H3;6-8H,4-5H2,1-3H3,(H,13,14);1H,2-3H2;4*1H4;1H;;/q;;;;-1;;;;;;+1;/t19-,23-,24-,25-;17-,20-,21-,22-;11-;6-,7-,8-;;;;;;;;/m1111......../s1. The summed E-state index contributed by atoms with van der Waals surface area (Å²) in [7, 11) is -3.41. The van der Waals surface area contributed by atoms with E-state index in [-0.39, 0.29) is 165 Å². The fourth-order valence-corrected chi connectivity index (χ4v) is 16.2. The van der Waals surface area contributed by atoms with Gasteiger partial charge in [0.15, 0.2) is 9.84 Å². The van der Waals surface area contributed by atoms with Gasteiger partial charge in [0.05, 0.1) is 22.2 Å². The molecule has 0 aromatic heterocycles. The maximum atomic E-state index is 14.2. The monoisotopic (exact) mass is 1650 g/mol. The number of sulfone groups is 1. The third kappa shape index (κ3) is 22.9. The number of nitrogens with two attached hydrogens (primary N) is 1. The van der Waals surface area contributed by atoms with Crippen molar-refractivity contribution < 1.29 is 98.2 Å². The summed E-state index contributed by atoms with van der Waals surface area (Å²) in [6.07, 6.45) is 16.9. The van der Waals surface area contributed by atoms with E-state index in [1.807, 2.05) is 42.5 Å². The normalized spacial score (nSPS) is 23.8. The second-order valence-electron chi connectivity index (χ2n) is 29.8. The number of amides is 5. The van der Waals surface area contributed by atoms with Gasteiger partial charge in [0.25, 0.3) is 11.8 Å². The summed E-state index contributed by atoms with van der Waals surface area (Å²) >= 11 is 1.45. The van der Waals surface area contributed by atoms with E-state index in [1.54, 1.807) is 99.9 Å². The molecule has 0 radical (unpaired) electrons. The van der Waals surface area contributed by atoms with Crippen LogP contribution in [0.3, 0.4) is 0 Å². The van der Waals surface area contributed by atoms with Crippen molar-refractivity contribution in [2.24, 2.45) is 41.2 Å². The Balaban J connectivity index is 0.000000256. The van der Waals surface area contributed by atoms with Crippen LogP contribution in [0.5, 0.6) is 0 Å². The summed E-state index contributed by atoms with van der Waals surface area (Å²) in [4.78, 5) is 81.4. The molecule has 0 bridgehead atoms. The van der Waals surface area contributed by atoms with Gasteiger partial charge in [-0.3, -0.25) is 24.1 Å². The van der Waals surface area contributed by atoms with E-state index in [9.17, 15) is 50.4 Å². The number of hydrogen-bond donors (Lipinski definition) is 4. The van der Waals surface area contributed by atoms with Crippen molar-refractivity contribution in [1.82, 2.24) is 25.3 Å². The van der Waals surface area contributed by atoms with E-state index in [0.29, 0.717) is 89.5 Å². The fraction of sp³-hybridized carbons (Fsp3) is 0.537. The number of likely N-dealkylation sites (tertiary alicyclic amines) is 3. The minimum Gasteiger partial charge on any atom is -0.480 e. The van der Waals surface area contributed by atoms with Gasteiger partial charge in [-0.05, 0) is 278 Å². The Bertz CT molecular complexity index is 4100. The molecule has 5 amide bonds. The molecule has 5 aromatic carbocycles. The second-order valence-corrected chi connectivity index (χ2v) is 33.5. The van der Waals surface area contributed by atoms with Gasteiger partial charge in [0.2, 0.25) is 11.8 Å². The number of aryl methyl sites for hydroxylation is 3. The number of carboxylic acids is 1. The van der Waals surface area contributed by atoms with Crippen LogP contribution in [0.4, 0.5) is 18.0 Å². The molecule has 106 heavy (non-hydrogen) atoms. The van der Waals surface area contributed by atoms with E-state index in [0.717, 1.165) is 65.2 Å². The predicted molar refractivity (Wildman–Crippen MR) is 412 cm³/mol. The van der Waals surface area contributed by atoms with Crippen molar-refractivity contribution in [2.45, 2.75) is 244 Å². The maximum absolute atomic E-state index is 14.2. The first-order valence-corrected chi connectivity index (χ1v) is 38.2. The molecule has 26 heteroatoms. The average molecular weight is 1650 g/mol. The topological polar surface area (TPSA) is 260 Å². The van der Waals surface area contributed by atoms with Crippen molar-refractivity contribution in [2.75, 3.05) is 0 Å². The van der Waals surface area contributed by atoms with Gasteiger partial charge in [-0.25, -0.2) is 44.0 Å². The zero-order valence-electron chi connectivity index (χ0n) is 58.5. The Labute approximate surface area is 670 Å². The molecule has 576 valence electrons. The number of benzene rings is 5. The SMILES string of the molecule is C.C.C.C.CC(C)(C)OC(=O)N1[C@@H](C(=O)O)C[C@H]2C[C@H]21.Cc1ccc([C@H](N)C2CC2)cc1F.Cc1ccc([C@H](NC(=O)[C@H]2C[C@H]3C[C@H]3N2C(=O)c2cccc(I)c2)C2CC2)cc1F.Cc1ccc([C@H](NC(=O)[C@H]2C[C@H]3C[C@H]3N2C(=O)c2cccc(S(=O)(=O)C3CC3)c2)C2CC2)cc1F.Cl.O=S=O.[CH-]1CC1.[Na+]. The number of carbonyl (C=O) groups excluding carboxylic acids is 5. The minimum absolute atomic E-state index is 0. The maximum Gasteiger partial charge on any atom is 1.00 e. The van der Waals surface area contributed by atoms with Crippen LogP contribution in [0.1, 0.15) is 225 Å². The van der Waals surface area contributed by atoms with Gasteiger partial charge in [0, 0.05) is 38.9 Å². The van der Waals surface area contributed by atoms with E-state index >= 15 is 0 Å². The first-order chi connectivity index (χ1) is 47.5. The quantitative estimate of drug-likeness (QED) is 0.0432. The number of aliphatic carboxylic acids is 1. The number of nitrogens with zero attached hydrogens (tertiary/aromatic N) is 3. The summed E-state index contributed by atoms with van der Waals surface area (Å²) < 4.78 is 89.7. The summed E-state index contributed by atoms with van der Waals surface area (Å²) in [5.74, 6) is -0.0281. The Morgan fingerprint density at radius 1 is 0.575 bits per heavy atom. The first kappa shape index (κ1) is 90.9. The van der Waals surface area contributed by atoms with Crippen LogP contribution in [0.25, 0.3) is 0 Å². The first-order valence-electron chi connectivity index (χ1n) is 34.9. The van der Waals surface area contributed by atoms with Crippen LogP contribution < -0.4 is 45.9 Å². The Morgan fingerprint density at radius 3 is 1.32 bits per heavy atom. The van der Waals surface area contributed by atoms with Crippen LogP contribution in [-0.4, -0.2) is 119 Å². The smallest absolute Gasteiger partial charge is 0.480 e. The van der Waals surface area contributed by atoms with Gasteiger partial charge >= 0.3 is 53.2 Å². The number of carbonyl (C=O) groups is 6. The fourth-order valence-electron chi connectivity index (χ4n) is 14.0. The molecular weight excluding hydrogens is 1540 g/mol. The molecule has 3 aliphatic heterocycles. The van der Waals surface area contributed by atoms with Gasteiger partial charge in [-0.15, -0.1) is 12.4 Å². The third-order valence-electron chi connectivity index (χ3n) is 20.6. The molecule has 3 heterocycles. The molecule has 11 fully saturated rings. The van der Waals surface area contributed by atoms with Gasteiger partial charge in [-0.1, -0.05) is 78.2 Å².